The number of hydrogen-bond acceptors (Lipinski definition) is 7. The number of non-ortho nitro benzene ring substituents is 1. The van der Waals surface area contributed by atoms with Crippen molar-refractivity contribution in [2.75, 3.05) is 26.2 Å². The first-order valence-electron chi connectivity index (χ1n) is 9.76. The van der Waals surface area contributed by atoms with Gasteiger partial charge in [-0.2, -0.15) is 4.68 Å². The normalized spacial score (nSPS) is 14.5. The van der Waals surface area contributed by atoms with Crippen LogP contribution in [-0.2, 0) is 17.8 Å². The molecule has 2 aromatic carbocycles. The molecule has 1 aromatic heterocycles. The number of piperazine rings is 1. The molecule has 3 aromatic rings. The van der Waals surface area contributed by atoms with E-state index in [-0.39, 0.29) is 23.8 Å². The van der Waals surface area contributed by atoms with Crippen LogP contribution < -0.4 is 0 Å². The zero-order valence-electron chi connectivity index (χ0n) is 16.6. The van der Waals surface area contributed by atoms with Crippen LogP contribution in [0.1, 0.15) is 11.4 Å². The molecule has 0 bridgehead atoms. The summed E-state index contributed by atoms with van der Waals surface area (Å²) >= 11 is 0. The Morgan fingerprint density at radius 1 is 1.03 bits per heavy atom. The van der Waals surface area contributed by atoms with E-state index in [9.17, 15) is 19.3 Å². The number of aromatic nitrogens is 4. The topological polar surface area (TPSA) is 110 Å². The van der Waals surface area contributed by atoms with Crippen LogP contribution in [0.2, 0.25) is 0 Å². The van der Waals surface area contributed by atoms with Crippen molar-refractivity contribution in [3.63, 3.8) is 0 Å². The second-order valence-electron chi connectivity index (χ2n) is 7.24. The molecule has 0 spiro atoms. The molecule has 1 fully saturated rings. The largest absolute Gasteiger partial charge is 0.340 e. The molecule has 0 aliphatic carbocycles. The zero-order valence-corrected chi connectivity index (χ0v) is 16.6. The van der Waals surface area contributed by atoms with Gasteiger partial charge < -0.3 is 4.90 Å². The van der Waals surface area contributed by atoms with E-state index in [1.54, 1.807) is 33.8 Å². The third-order valence-corrected chi connectivity index (χ3v) is 5.20. The summed E-state index contributed by atoms with van der Waals surface area (Å²) < 4.78 is 14.7. The summed E-state index contributed by atoms with van der Waals surface area (Å²) in [4.78, 5) is 26.8. The number of carbonyl (C=O) groups is 1. The van der Waals surface area contributed by atoms with Crippen LogP contribution in [0, 0.1) is 15.9 Å². The van der Waals surface area contributed by atoms with Crippen LogP contribution in [0.15, 0.2) is 48.5 Å². The van der Waals surface area contributed by atoms with E-state index in [1.807, 2.05) is 0 Å². The van der Waals surface area contributed by atoms with Gasteiger partial charge in [-0.3, -0.25) is 19.8 Å². The van der Waals surface area contributed by atoms with E-state index in [1.165, 1.54) is 24.3 Å². The van der Waals surface area contributed by atoms with Gasteiger partial charge in [-0.15, -0.1) is 5.10 Å². The first kappa shape index (κ1) is 20.5. The van der Waals surface area contributed by atoms with Crippen molar-refractivity contribution >= 4 is 11.6 Å². The number of amides is 1. The lowest BCUT2D eigenvalue weighted by molar-refractivity contribution is -0.384. The van der Waals surface area contributed by atoms with Crippen molar-refractivity contribution in [1.82, 2.24) is 30.0 Å². The molecular formula is C20H20FN7O3. The van der Waals surface area contributed by atoms with Crippen LogP contribution in [0.3, 0.4) is 0 Å². The number of carbonyl (C=O) groups excluding carboxylic acids is 1. The molecule has 1 aliphatic heterocycles. The van der Waals surface area contributed by atoms with Crippen molar-refractivity contribution in [3.8, 4) is 5.69 Å². The van der Waals surface area contributed by atoms with Gasteiger partial charge in [0.15, 0.2) is 5.82 Å². The zero-order chi connectivity index (χ0) is 21.8. The van der Waals surface area contributed by atoms with Crippen LogP contribution >= 0.6 is 0 Å². The fraction of sp³-hybridized carbons (Fsp3) is 0.300. The molecule has 0 atom stereocenters. The Morgan fingerprint density at radius 3 is 2.35 bits per heavy atom. The Balaban J connectivity index is 1.31. The summed E-state index contributed by atoms with van der Waals surface area (Å²) in [5, 5.41) is 22.5. The molecule has 0 N–H and O–H groups in total. The van der Waals surface area contributed by atoms with Crippen molar-refractivity contribution in [1.29, 1.82) is 0 Å². The highest BCUT2D eigenvalue weighted by molar-refractivity contribution is 5.79. The third kappa shape index (κ3) is 4.89. The first-order chi connectivity index (χ1) is 15.0. The van der Waals surface area contributed by atoms with Gasteiger partial charge in [-0.25, -0.2) is 4.39 Å². The van der Waals surface area contributed by atoms with E-state index in [2.05, 4.69) is 20.4 Å². The summed E-state index contributed by atoms with van der Waals surface area (Å²) in [6.45, 7) is 2.99. The molecule has 31 heavy (non-hydrogen) atoms. The minimum Gasteiger partial charge on any atom is -0.340 e. The highest BCUT2D eigenvalue weighted by Crippen LogP contribution is 2.15. The van der Waals surface area contributed by atoms with Gasteiger partial charge in [0.05, 0.1) is 23.6 Å². The molecule has 160 valence electrons. The van der Waals surface area contributed by atoms with Gasteiger partial charge in [0.1, 0.15) is 5.82 Å². The molecule has 4 rings (SSSR count). The Kier molecular flexibility index (Phi) is 5.94. The summed E-state index contributed by atoms with van der Waals surface area (Å²) in [7, 11) is 0. The lowest BCUT2D eigenvalue weighted by Gasteiger charge is -2.34. The number of hydrogen-bond donors (Lipinski definition) is 0. The number of nitrogens with zero attached hydrogens (tertiary/aromatic N) is 7. The second kappa shape index (κ2) is 8.96. The average molecular weight is 425 g/mol. The maximum absolute atomic E-state index is 13.2. The number of nitro groups is 1. The number of tetrazole rings is 1. The lowest BCUT2D eigenvalue weighted by atomic mass is 10.1. The van der Waals surface area contributed by atoms with Crippen LogP contribution in [0.5, 0.6) is 0 Å². The summed E-state index contributed by atoms with van der Waals surface area (Å²) in [6.07, 6.45) is 0.209. The maximum Gasteiger partial charge on any atom is 0.269 e. The smallest absolute Gasteiger partial charge is 0.269 e. The van der Waals surface area contributed by atoms with Gasteiger partial charge in [0.2, 0.25) is 5.91 Å². The van der Waals surface area contributed by atoms with E-state index < -0.39 is 4.92 Å². The maximum atomic E-state index is 13.2. The Hall–Kier alpha value is -3.73. The van der Waals surface area contributed by atoms with Crippen LogP contribution in [0.25, 0.3) is 5.69 Å². The second-order valence-corrected chi connectivity index (χ2v) is 7.24. The highest BCUT2D eigenvalue weighted by atomic mass is 19.1. The van der Waals surface area contributed by atoms with Gasteiger partial charge in [0.25, 0.3) is 5.69 Å². The molecule has 0 saturated carbocycles. The minimum absolute atomic E-state index is 0.00721. The summed E-state index contributed by atoms with van der Waals surface area (Å²) in [5.41, 5.74) is 1.43. The first-order valence-corrected chi connectivity index (χ1v) is 9.76. The fourth-order valence-electron chi connectivity index (χ4n) is 3.46. The Morgan fingerprint density at radius 2 is 1.71 bits per heavy atom. The number of nitro benzene ring substituents is 1. The average Bonchev–Trinajstić information content (AvgIpc) is 3.23. The highest BCUT2D eigenvalue weighted by Gasteiger charge is 2.23. The molecule has 0 radical (unpaired) electrons. The summed E-state index contributed by atoms with van der Waals surface area (Å²) in [5.74, 6) is 0.301. The van der Waals surface area contributed by atoms with E-state index >= 15 is 0 Å². The number of benzene rings is 2. The van der Waals surface area contributed by atoms with E-state index in [0.29, 0.717) is 44.2 Å². The molecule has 0 unspecified atom stereocenters. The SMILES string of the molecule is O=C(Cc1ccc([N+](=O)[O-])cc1)N1CCN(Cc2nnnn2-c2ccc(F)cc2)CC1. The lowest BCUT2D eigenvalue weighted by Crippen LogP contribution is -2.48. The van der Waals surface area contributed by atoms with E-state index in [0.717, 1.165) is 5.56 Å². The molecular weight excluding hydrogens is 405 g/mol. The monoisotopic (exact) mass is 425 g/mol. The number of halogens is 1. The minimum atomic E-state index is -0.461. The quantitative estimate of drug-likeness (QED) is 0.436. The van der Waals surface area contributed by atoms with Crippen LogP contribution in [0.4, 0.5) is 10.1 Å². The molecule has 1 amide bonds. The van der Waals surface area contributed by atoms with Gasteiger partial charge in [-0.1, -0.05) is 12.1 Å². The standard InChI is InChI=1S/C20H20FN7O3/c21-16-3-7-17(8-4-16)27-19(22-23-24-27)14-25-9-11-26(12-10-25)20(29)13-15-1-5-18(6-2-15)28(30)31/h1-8H,9-14H2. The Bertz CT molecular complexity index is 1060. The van der Waals surface area contributed by atoms with Crippen LogP contribution in [-0.4, -0.2) is 67.0 Å². The van der Waals surface area contributed by atoms with Crippen molar-refractivity contribution in [2.45, 2.75) is 13.0 Å². The Labute approximate surface area is 177 Å². The predicted octanol–water partition coefficient (Wildman–Crippen LogP) is 1.60. The van der Waals surface area contributed by atoms with Gasteiger partial charge >= 0.3 is 0 Å². The fourth-order valence-corrected chi connectivity index (χ4v) is 3.46. The molecule has 2 heterocycles. The molecule has 10 nitrogen and oxygen atoms in total. The molecule has 11 heteroatoms. The molecule has 1 saturated heterocycles. The van der Waals surface area contributed by atoms with Crippen molar-refractivity contribution < 1.29 is 14.1 Å². The third-order valence-electron chi connectivity index (χ3n) is 5.20. The molecule has 1 aliphatic rings. The van der Waals surface area contributed by atoms with Gasteiger partial charge in [-0.05, 0) is 40.3 Å². The van der Waals surface area contributed by atoms with Crippen molar-refractivity contribution in [2.24, 2.45) is 0 Å². The number of rotatable bonds is 6. The summed E-state index contributed by atoms with van der Waals surface area (Å²) in [6, 6.07) is 12.0. The van der Waals surface area contributed by atoms with Crippen molar-refractivity contribution in [3.05, 3.63) is 75.9 Å². The van der Waals surface area contributed by atoms with Gasteiger partial charge in [0, 0.05) is 38.3 Å². The predicted molar refractivity (Wildman–Crippen MR) is 108 cm³/mol. The van der Waals surface area contributed by atoms with E-state index in [4.69, 9.17) is 0 Å².